The van der Waals surface area contributed by atoms with Crippen LogP contribution in [-0.2, 0) is 0 Å². The first-order chi connectivity index (χ1) is 14.8. The maximum absolute atomic E-state index is 14.5. The number of halogens is 3. The van der Waals surface area contributed by atoms with Crippen molar-refractivity contribution >= 4 is 52.4 Å². The summed E-state index contributed by atoms with van der Waals surface area (Å²) < 4.78 is 14.5. The summed E-state index contributed by atoms with van der Waals surface area (Å²) in [6, 6.07) is 11.3. The summed E-state index contributed by atoms with van der Waals surface area (Å²) in [6.45, 7) is 0. The van der Waals surface area contributed by atoms with Crippen molar-refractivity contribution in [1.82, 2.24) is 4.98 Å². The molecule has 0 aliphatic heterocycles. The van der Waals surface area contributed by atoms with Crippen molar-refractivity contribution in [1.29, 1.82) is 5.41 Å². The Labute approximate surface area is 187 Å². The molecule has 7 nitrogen and oxygen atoms in total. The fourth-order valence-corrected chi connectivity index (χ4v) is 2.95. The minimum absolute atomic E-state index is 0.0667. The minimum atomic E-state index is -0.785. The van der Waals surface area contributed by atoms with Crippen LogP contribution in [-0.4, -0.2) is 29.7 Å². The lowest BCUT2D eigenvalue weighted by atomic mass is 10.1. The van der Waals surface area contributed by atoms with Crippen molar-refractivity contribution < 1.29 is 19.3 Å². The molecule has 3 rings (SSSR count). The Hall–Kier alpha value is -3.33. The van der Waals surface area contributed by atoms with Gasteiger partial charge in [-0.1, -0.05) is 23.2 Å². The molecule has 0 unspecified atom stereocenters. The van der Waals surface area contributed by atoms with Gasteiger partial charge in [0.2, 0.25) is 5.84 Å². The summed E-state index contributed by atoms with van der Waals surface area (Å²) in [4.78, 5) is 29.3. The lowest BCUT2D eigenvalue weighted by Crippen LogP contribution is -2.83. The maximum atomic E-state index is 14.5. The van der Waals surface area contributed by atoms with Crippen LogP contribution in [0.1, 0.15) is 26.3 Å². The third kappa shape index (κ3) is 5.43. The largest absolute Gasteiger partial charge is 0.321 e. The number of nitrogens with two attached hydrogens (primary N) is 1. The van der Waals surface area contributed by atoms with Gasteiger partial charge in [0.25, 0.3) is 11.8 Å². The summed E-state index contributed by atoms with van der Waals surface area (Å²) >= 11 is 11.8. The highest BCUT2D eigenvalue weighted by Crippen LogP contribution is 2.23. The fraction of sp³-hybridized carbons (Fsp3) is 0.0476. The quantitative estimate of drug-likeness (QED) is 0.345. The lowest BCUT2D eigenvalue weighted by molar-refractivity contribution is -0.506. The van der Waals surface area contributed by atoms with Crippen LogP contribution >= 0.6 is 23.2 Å². The molecule has 158 valence electrons. The van der Waals surface area contributed by atoms with Crippen LogP contribution in [0.4, 0.5) is 15.9 Å². The smallest absolute Gasteiger partial charge is 0.258 e. The molecule has 2 aromatic carbocycles. The summed E-state index contributed by atoms with van der Waals surface area (Å²) in [5.74, 6) is -1.72. The van der Waals surface area contributed by atoms with E-state index in [2.05, 4.69) is 15.6 Å². The van der Waals surface area contributed by atoms with Crippen molar-refractivity contribution in [2.45, 2.75) is 0 Å². The number of hydrogen-bond acceptors (Lipinski definition) is 4. The second kappa shape index (κ2) is 9.65. The van der Waals surface area contributed by atoms with Crippen LogP contribution in [0.25, 0.3) is 0 Å². The second-order valence-electron chi connectivity index (χ2n) is 6.36. The number of aromatic nitrogens is 1. The predicted molar refractivity (Wildman–Crippen MR) is 118 cm³/mol. The van der Waals surface area contributed by atoms with Gasteiger partial charge in [-0.25, -0.2) is 9.37 Å². The highest BCUT2D eigenvalue weighted by Gasteiger charge is 2.19. The monoisotopic (exact) mass is 460 g/mol. The van der Waals surface area contributed by atoms with Crippen molar-refractivity contribution in [2.24, 2.45) is 0 Å². The highest BCUT2D eigenvalue weighted by atomic mass is 35.5. The van der Waals surface area contributed by atoms with E-state index in [-0.39, 0.29) is 33.5 Å². The molecule has 3 aromatic rings. The summed E-state index contributed by atoms with van der Waals surface area (Å²) in [6.07, 6.45) is 1.38. The van der Waals surface area contributed by atoms with Gasteiger partial charge in [-0.3, -0.25) is 20.3 Å². The van der Waals surface area contributed by atoms with E-state index in [1.165, 1.54) is 47.9 Å². The highest BCUT2D eigenvalue weighted by molar-refractivity contribution is 6.31. The van der Waals surface area contributed by atoms with Gasteiger partial charge in [0.15, 0.2) is 0 Å². The number of carbonyl (C=O) groups excluding carboxylic acids is 2. The van der Waals surface area contributed by atoms with E-state index >= 15 is 0 Å². The lowest BCUT2D eigenvalue weighted by Gasteiger charge is -2.12. The Balaban J connectivity index is 1.85. The summed E-state index contributed by atoms with van der Waals surface area (Å²) in [5, 5.41) is 15.1. The van der Waals surface area contributed by atoms with Gasteiger partial charge in [0.05, 0.1) is 34.4 Å². The Morgan fingerprint density at radius 3 is 2.32 bits per heavy atom. The molecule has 0 spiro atoms. The number of carbonyl (C=O) groups is 2. The molecule has 1 aromatic heterocycles. The standard InChI is InChI=1S/C21H16Cl2FN5O2/c1-26-19(25)11-2-5-14(16(24)8-11)20(30)28-17-6-3-12(22)9-15(17)21(31)29-18-7-4-13(23)10-27-18/h2-10H,1H3,(H2,25,26)(H,28,30)(H,27,29,31)/p+1. The van der Waals surface area contributed by atoms with E-state index in [0.29, 0.717) is 10.6 Å². The molecular formula is C21H17Cl2FN5O2+. The van der Waals surface area contributed by atoms with Crippen molar-refractivity contribution in [3.8, 4) is 0 Å². The topological polar surface area (TPSA) is 112 Å². The number of hydrogen-bond donors (Lipinski definition) is 4. The van der Waals surface area contributed by atoms with Crippen molar-refractivity contribution in [2.75, 3.05) is 17.7 Å². The third-order valence-corrected chi connectivity index (χ3v) is 4.72. The summed E-state index contributed by atoms with van der Waals surface area (Å²) in [7, 11) is 1.66. The average molecular weight is 461 g/mol. The molecule has 0 radical (unpaired) electrons. The first-order valence-corrected chi connectivity index (χ1v) is 9.75. The SMILES string of the molecule is C[NH2+]C(=N)c1ccc(C(=O)Nc2ccc(Cl)cc2C(=O)Nc2ccc(Cl)cn2)c(F)c1. The van der Waals surface area contributed by atoms with E-state index in [9.17, 15) is 14.0 Å². The van der Waals surface area contributed by atoms with Gasteiger partial charge >= 0.3 is 0 Å². The van der Waals surface area contributed by atoms with Gasteiger partial charge in [-0.15, -0.1) is 0 Å². The first-order valence-electron chi connectivity index (χ1n) is 9.00. The van der Waals surface area contributed by atoms with Gasteiger partial charge in [0, 0.05) is 11.2 Å². The molecule has 0 aliphatic carbocycles. The number of amides is 2. The normalized spacial score (nSPS) is 10.5. The van der Waals surface area contributed by atoms with Crippen LogP contribution in [0.5, 0.6) is 0 Å². The molecule has 0 saturated heterocycles. The van der Waals surface area contributed by atoms with Crippen LogP contribution < -0.4 is 16.0 Å². The van der Waals surface area contributed by atoms with E-state index in [4.69, 9.17) is 28.6 Å². The number of nitrogen functional groups attached to an aromatic ring is 1. The molecule has 5 N–H and O–H groups in total. The molecule has 0 aliphatic rings. The molecule has 0 bridgehead atoms. The zero-order chi connectivity index (χ0) is 22.5. The molecule has 2 amide bonds. The van der Waals surface area contributed by atoms with Crippen molar-refractivity contribution in [3.05, 3.63) is 87.3 Å². The van der Waals surface area contributed by atoms with Crippen molar-refractivity contribution in [3.63, 3.8) is 0 Å². The van der Waals surface area contributed by atoms with Gasteiger partial charge in [-0.2, -0.15) is 0 Å². The van der Waals surface area contributed by atoms with Gasteiger partial charge in [0.1, 0.15) is 11.6 Å². The number of quaternary nitrogens is 1. The first kappa shape index (κ1) is 22.4. The molecule has 0 fully saturated rings. The molecule has 0 saturated carbocycles. The maximum Gasteiger partial charge on any atom is 0.258 e. The summed E-state index contributed by atoms with van der Waals surface area (Å²) in [5.41, 5.74) is 0.322. The van der Waals surface area contributed by atoms with Crippen LogP contribution in [0, 0.1) is 11.2 Å². The number of rotatable bonds is 5. The minimum Gasteiger partial charge on any atom is -0.321 e. The second-order valence-corrected chi connectivity index (χ2v) is 7.23. The number of nitrogens with one attached hydrogen (secondary N) is 3. The average Bonchev–Trinajstić information content (AvgIpc) is 2.75. The fourth-order valence-electron chi connectivity index (χ4n) is 2.67. The number of nitrogens with zero attached hydrogens (tertiary/aromatic N) is 1. The third-order valence-electron chi connectivity index (χ3n) is 4.26. The van der Waals surface area contributed by atoms with E-state index in [0.717, 1.165) is 6.07 Å². The molecular weight excluding hydrogens is 444 g/mol. The Morgan fingerprint density at radius 2 is 1.68 bits per heavy atom. The number of anilines is 2. The molecule has 10 heteroatoms. The molecule has 0 atom stereocenters. The van der Waals surface area contributed by atoms with Crippen LogP contribution in [0.3, 0.4) is 0 Å². The zero-order valence-corrected chi connectivity index (χ0v) is 17.7. The zero-order valence-electron chi connectivity index (χ0n) is 16.2. The van der Waals surface area contributed by atoms with E-state index < -0.39 is 17.6 Å². The van der Waals surface area contributed by atoms with Crippen LogP contribution in [0.15, 0.2) is 54.7 Å². The number of benzene rings is 2. The molecule has 31 heavy (non-hydrogen) atoms. The molecule has 1 heterocycles. The number of amidine groups is 1. The van der Waals surface area contributed by atoms with E-state index in [1.807, 2.05) is 0 Å². The van der Waals surface area contributed by atoms with Gasteiger partial charge < -0.3 is 10.6 Å². The predicted octanol–water partition coefficient (Wildman–Crippen LogP) is 3.55. The van der Waals surface area contributed by atoms with Crippen LogP contribution in [0.2, 0.25) is 10.0 Å². The Morgan fingerprint density at radius 1 is 0.968 bits per heavy atom. The number of pyridine rings is 1. The van der Waals surface area contributed by atoms with Gasteiger partial charge in [-0.05, 0) is 48.5 Å². The Kier molecular flexibility index (Phi) is 6.96. The Bertz CT molecular complexity index is 1170. The van der Waals surface area contributed by atoms with E-state index in [1.54, 1.807) is 13.1 Å².